The second-order valence-corrected chi connectivity index (χ2v) is 6.04. The highest BCUT2D eigenvalue weighted by atomic mass is 19.1. The van der Waals surface area contributed by atoms with Crippen molar-refractivity contribution >= 4 is 17.5 Å². The van der Waals surface area contributed by atoms with Crippen LogP contribution in [0.25, 0.3) is 0 Å². The lowest BCUT2D eigenvalue weighted by molar-refractivity contribution is 0.610. The topological polar surface area (TPSA) is 49.8 Å². The first-order valence-electron chi connectivity index (χ1n) is 8.26. The van der Waals surface area contributed by atoms with Gasteiger partial charge in [-0.15, -0.1) is 0 Å². The Labute approximate surface area is 147 Å². The van der Waals surface area contributed by atoms with Gasteiger partial charge in [-0.1, -0.05) is 24.3 Å². The fourth-order valence-corrected chi connectivity index (χ4v) is 2.72. The SMILES string of the molecule is Cc1cc(C)cc(Nc2nccc(NCCc3ccccc3F)n2)c1. The number of nitrogens with zero attached hydrogens (tertiary/aromatic N) is 2. The molecule has 0 atom stereocenters. The number of anilines is 3. The maximum atomic E-state index is 13.6. The summed E-state index contributed by atoms with van der Waals surface area (Å²) in [6.45, 7) is 4.71. The maximum Gasteiger partial charge on any atom is 0.229 e. The van der Waals surface area contributed by atoms with Crippen molar-refractivity contribution in [2.24, 2.45) is 0 Å². The predicted molar refractivity (Wildman–Crippen MR) is 99.8 cm³/mol. The van der Waals surface area contributed by atoms with Gasteiger partial charge in [0, 0.05) is 18.4 Å². The Hall–Kier alpha value is -2.95. The molecule has 3 rings (SSSR count). The van der Waals surface area contributed by atoms with Crippen molar-refractivity contribution in [1.29, 1.82) is 0 Å². The summed E-state index contributed by atoms with van der Waals surface area (Å²) >= 11 is 0. The Bertz CT molecular complexity index is 844. The summed E-state index contributed by atoms with van der Waals surface area (Å²) in [5.74, 6) is 1.06. The van der Waals surface area contributed by atoms with Crippen molar-refractivity contribution in [2.45, 2.75) is 20.3 Å². The fourth-order valence-electron chi connectivity index (χ4n) is 2.72. The van der Waals surface area contributed by atoms with Gasteiger partial charge in [0.05, 0.1) is 0 Å². The number of halogens is 1. The standard InChI is InChI=1S/C20H21FN4/c1-14-11-15(2)13-17(12-14)24-20-23-10-8-19(25-20)22-9-7-16-5-3-4-6-18(16)21/h3-6,8,10-13H,7,9H2,1-2H3,(H2,22,23,24,25). The number of hydrogen-bond acceptors (Lipinski definition) is 4. The third-order valence-corrected chi connectivity index (χ3v) is 3.79. The van der Waals surface area contributed by atoms with Crippen LogP contribution in [0.4, 0.5) is 21.8 Å². The normalized spacial score (nSPS) is 10.5. The van der Waals surface area contributed by atoms with Crippen LogP contribution >= 0.6 is 0 Å². The van der Waals surface area contributed by atoms with Crippen LogP contribution < -0.4 is 10.6 Å². The van der Waals surface area contributed by atoms with Crippen LogP contribution in [0.15, 0.2) is 54.7 Å². The minimum Gasteiger partial charge on any atom is -0.370 e. The van der Waals surface area contributed by atoms with E-state index in [1.54, 1.807) is 24.4 Å². The Morgan fingerprint density at radius 2 is 1.76 bits per heavy atom. The van der Waals surface area contributed by atoms with Crippen molar-refractivity contribution in [3.63, 3.8) is 0 Å². The Kier molecular flexibility index (Phi) is 5.23. The molecular formula is C20H21FN4. The third kappa shape index (κ3) is 4.76. The van der Waals surface area contributed by atoms with Crippen LogP contribution in [-0.2, 0) is 6.42 Å². The summed E-state index contributed by atoms with van der Waals surface area (Å²) in [6, 6.07) is 14.8. The first-order valence-corrected chi connectivity index (χ1v) is 8.26. The lowest BCUT2D eigenvalue weighted by Gasteiger charge is -2.10. The minimum atomic E-state index is -0.177. The molecule has 0 saturated heterocycles. The summed E-state index contributed by atoms with van der Waals surface area (Å²) < 4.78 is 13.6. The van der Waals surface area contributed by atoms with E-state index in [1.165, 1.54) is 17.2 Å². The molecule has 5 heteroatoms. The number of hydrogen-bond donors (Lipinski definition) is 2. The van der Waals surface area contributed by atoms with Crippen molar-refractivity contribution in [2.75, 3.05) is 17.2 Å². The number of benzene rings is 2. The molecule has 4 nitrogen and oxygen atoms in total. The van der Waals surface area contributed by atoms with Crippen LogP contribution in [0.1, 0.15) is 16.7 Å². The molecule has 0 spiro atoms. The molecular weight excluding hydrogens is 315 g/mol. The Morgan fingerprint density at radius 1 is 1.00 bits per heavy atom. The zero-order valence-electron chi connectivity index (χ0n) is 14.4. The molecule has 25 heavy (non-hydrogen) atoms. The van der Waals surface area contributed by atoms with Crippen LogP contribution in [0, 0.1) is 19.7 Å². The van der Waals surface area contributed by atoms with Gasteiger partial charge < -0.3 is 10.6 Å². The lowest BCUT2D eigenvalue weighted by Crippen LogP contribution is -2.08. The molecule has 0 aliphatic rings. The average molecular weight is 336 g/mol. The smallest absolute Gasteiger partial charge is 0.229 e. The summed E-state index contributed by atoms with van der Waals surface area (Å²) in [4.78, 5) is 8.71. The van der Waals surface area contributed by atoms with Gasteiger partial charge in [-0.2, -0.15) is 4.98 Å². The Morgan fingerprint density at radius 3 is 2.52 bits per heavy atom. The molecule has 0 unspecified atom stereocenters. The van der Waals surface area contributed by atoms with Gasteiger partial charge in [0.2, 0.25) is 5.95 Å². The third-order valence-electron chi connectivity index (χ3n) is 3.79. The molecule has 1 heterocycles. The zero-order valence-corrected chi connectivity index (χ0v) is 14.4. The molecule has 2 aromatic carbocycles. The monoisotopic (exact) mass is 336 g/mol. The second kappa shape index (κ2) is 7.75. The van der Waals surface area contributed by atoms with E-state index in [9.17, 15) is 4.39 Å². The summed E-state index contributed by atoms with van der Waals surface area (Å²) in [5.41, 5.74) is 4.02. The molecule has 0 radical (unpaired) electrons. The van der Waals surface area contributed by atoms with Gasteiger partial charge in [-0.3, -0.25) is 0 Å². The van der Waals surface area contributed by atoms with Gasteiger partial charge >= 0.3 is 0 Å². The highest BCUT2D eigenvalue weighted by Gasteiger charge is 2.03. The number of aromatic nitrogens is 2. The fraction of sp³-hybridized carbons (Fsp3) is 0.200. The van der Waals surface area contributed by atoms with E-state index in [0.29, 0.717) is 30.3 Å². The molecule has 0 saturated carbocycles. The number of nitrogens with one attached hydrogen (secondary N) is 2. The second-order valence-electron chi connectivity index (χ2n) is 6.04. The molecule has 0 aliphatic heterocycles. The van der Waals surface area contributed by atoms with E-state index in [0.717, 1.165) is 5.69 Å². The van der Waals surface area contributed by atoms with Crippen molar-refractivity contribution < 1.29 is 4.39 Å². The molecule has 0 aliphatic carbocycles. The van der Waals surface area contributed by atoms with E-state index in [1.807, 2.05) is 6.07 Å². The highest BCUT2D eigenvalue weighted by molar-refractivity contribution is 5.57. The average Bonchev–Trinajstić information content (AvgIpc) is 2.56. The number of rotatable bonds is 6. The van der Waals surface area contributed by atoms with Gasteiger partial charge in [0.15, 0.2) is 0 Å². The predicted octanol–water partition coefficient (Wildman–Crippen LogP) is 4.63. The molecule has 0 bridgehead atoms. The first kappa shape index (κ1) is 16.9. The zero-order chi connectivity index (χ0) is 17.6. The van der Waals surface area contributed by atoms with Crippen LogP contribution in [0.2, 0.25) is 0 Å². The van der Waals surface area contributed by atoms with Gasteiger partial charge in [-0.05, 0) is 61.2 Å². The summed E-state index contributed by atoms with van der Waals surface area (Å²) in [6.07, 6.45) is 2.29. The van der Waals surface area contributed by atoms with Crippen LogP contribution in [0.3, 0.4) is 0 Å². The van der Waals surface area contributed by atoms with E-state index in [2.05, 4.69) is 52.6 Å². The van der Waals surface area contributed by atoms with Crippen LogP contribution in [0.5, 0.6) is 0 Å². The Balaban J connectivity index is 1.62. The molecule has 128 valence electrons. The quantitative estimate of drug-likeness (QED) is 0.689. The first-order chi connectivity index (χ1) is 12.1. The lowest BCUT2D eigenvalue weighted by atomic mass is 10.1. The van der Waals surface area contributed by atoms with Gasteiger partial charge in [-0.25, -0.2) is 9.37 Å². The van der Waals surface area contributed by atoms with Gasteiger partial charge in [0.1, 0.15) is 11.6 Å². The van der Waals surface area contributed by atoms with E-state index in [-0.39, 0.29) is 5.82 Å². The molecule has 1 aromatic heterocycles. The largest absolute Gasteiger partial charge is 0.370 e. The van der Waals surface area contributed by atoms with E-state index >= 15 is 0 Å². The van der Waals surface area contributed by atoms with E-state index in [4.69, 9.17) is 0 Å². The van der Waals surface area contributed by atoms with Crippen molar-refractivity contribution in [1.82, 2.24) is 9.97 Å². The minimum absolute atomic E-state index is 0.177. The van der Waals surface area contributed by atoms with Crippen molar-refractivity contribution in [3.8, 4) is 0 Å². The maximum absolute atomic E-state index is 13.6. The highest BCUT2D eigenvalue weighted by Crippen LogP contribution is 2.18. The van der Waals surface area contributed by atoms with Crippen molar-refractivity contribution in [3.05, 3.63) is 77.2 Å². The molecule has 0 fully saturated rings. The number of aryl methyl sites for hydroxylation is 2. The summed E-state index contributed by atoms with van der Waals surface area (Å²) in [5, 5.41) is 6.43. The molecule has 2 N–H and O–H groups in total. The summed E-state index contributed by atoms with van der Waals surface area (Å²) in [7, 11) is 0. The van der Waals surface area contributed by atoms with Gasteiger partial charge in [0.25, 0.3) is 0 Å². The molecule has 3 aromatic rings. The van der Waals surface area contributed by atoms with E-state index < -0.39 is 0 Å². The van der Waals surface area contributed by atoms with Crippen LogP contribution in [-0.4, -0.2) is 16.5 Å². The molecule has 0 amide bonds.